The third-order valence-electron chi connectivity index (χ3n) is 6.28. The van der Waals surface area contributed by atoms with Gasteiger partial charge in [0.1, 0.15) is 5.82 Å². The number of rotatable bonds is 4. The summed E-state index contributed by atoms with van der Waals surface area (Å²) in [6, 6.07) is 4.08. The largest absolute Gasteiger partial charge is 0.396 e. The molecule has 4 rings (SSSR count). The normalized spacial score (nSPS) is 25.8. The molecule has 3 fully saturated rings. The molecule has 1 aromatic heterocycles. The quantitative estimate of drug-likeness (QED) is 0.764. The maximum Gasteiger partial charge on any atom is 0.251 e. The van der Waals surface area contributed by atoms with E-state index in [-0.39, 0.29) is 17.9 Å². The van der Waals surface area contributed by atoms with E-state index < -0.39 is 0 Å². The Hall–Kier alpha value is -1.66. The molecular weight excluding hydrogens is 316 g/mol. The van der Waals surface area contributed by atoms with Crippen molar-refractivity contribution >= 4 is 11.7 Å². The molecule has 1 aliphatic carbocycles. The van der Waals surface area contributed by atoms with Crippen LogP contribution in [-0.4, -0.2) is 54.8 Å². The van der Waals surface area contributed by atoms with E-state index in [1.165, 1.54) is 0 Å². The van der Waals surface area contributed by atoms with Crippen LogP contribution >= 0.6 is 0 Å². The van der Waals surface area contributed by atoms with E-state index in [4.69, 9.17) is 0 Å². The number of carbonyl (C=O) groups excluding carboxylic acids is 1. The average molecular weight is 344 g/mol. The zero-order chi connectivity index (χ0) is 17.3. The van der Waals surface area contributed by atoms with E-state index in [0.29, 0.717) is 17.5 Å². The van der Waals surface area contributed by atoms with Crippen LogP contribution in [0.1, 0.15) is 42.5 Å². The maximum absolute atomic E-state index is 12.3. The van der Waals surface area contributed by atoms with Gasteiger partial charge in [0.2, 0.25) is 0 Å². The number of amides is 1. The van der Waals surface area contributed by atoms with Crippen molar-refractivity contribution in [2.45, 2.75) is 38.1 Å². The van der Waals surface area contributed by atoms with Crippen LogP contribution < -0.4 is 15.5 Å². The second kappa shape index (κ2) is 6.92. The molecule has 2 saturated heterocycles. The number of nitrogens with one attached hydrogen (secondary N) is 2. The summed E-state index contributed by atoms with van der Waals surface area (Å²) in [7, 11) is 0. The number of piperidine rings is 2. The van der Waals surface area contributed by atoms with E-state index in [1.807, 2.05) is 6.07 Å². The van der Waals surface area contributed by atoms with Crippen LogP contribution in [0.2, 0.25) is 0 Å². The summed E-state index contributed by atoms with van der Waals surface area (Å²) in [4.78, 5) is 19.0. The van der Waals surface area contributed by atoms with Crippen LogP contribution in [0.25, 0.3) is 0 Å². The van der Waals surface area contributed by atoms with Gasteiger partial charge in [-0.25, -0.2) is 4.98 Å². The van der Waals surface area contributed by atoms with Crippen molar-refractivity contribution in [2.75, 3.05) is 37.7 Å². The lowest BCUT2D eigenvalue weighted by Gasteiger charge is -2.49. The number of aliphatic hydroxyl groups excluding tert-OH is 1. The Morgan fingerprint density at radius 3 is 2.88 bits per heavy atom. The van der Waals surface area contributed by atoms with E-state index in [0.717, 1.165) is 64.1 Å². The zero-order valence-corrected chi connectivity index (χ0v) is 14.7. The highest BCUT2D eigenvalue weighted by Crippen LogP contribution is 2.43. The monoisotopic (exact) mass is 344 g/mol. The van der Waals surface area contributed by atoms with E-state index in [9.17, 15) is 9.90 Å². The SMILES string of the molecule is O=C(NC1CC1)c1ccnc(N2CCC3(CCNC[C@@H]3CO)CC2)c1. The van der Waals surface area contributed by atoms with Gasteiger partial charge in [-0.05, 0) is 56.2 Å². The standard InChI is InChI=1S/C19H28N4O2/c24-13-15-12-20-8-4-19(15)5-9-23(10-6-19)17-11-14(3-7-21-17)18(25)22-16-1-2-16/h3,7,11,15-16,20,24H,1-2,4-6,8-10,12-13H2,(H,22,25)/t15-/m1/s1. The first-order chi connectivity index (χ1) is 12.2. The molecule has 3 aliphatic rings. The van der Waals surface area contributed by atoms with Crippen LogP contribution in [0, 0.1) is 11.3 Å². The van der Waals surface area contributed by atoms with Gasteiger partial charge >= 0.3 is 0 Å². The average Bonchev–Trinajstić information content (AvgIpc) is 3.47. The minimum atomic E-state index is 0.0123. The Kier molecular flexibility index (Phi) is 4.65. The van der Waals surface area contributed by atoms with Crippen molar-refractivity contribution in [3.63, 3.8) is 0 Å². The molecule has 0 radical (unpaired) electrons. The predicted octanol–water partition coefficient (Wildman–Crippen LogP) is 1.16. The van der Waals surface area contributed by atoms with Gasteiger partial charge in [0.25, 0.3) is 5.91 Å². The molecule has 25 heavy (non-hydrogen) atoms. The first-order valence-corrected chi connectivity index (χ1v) is 9.54. The topological polar surface area (TPSA) is 77.5 Å². The Labute approximate surface area is 149 Å². The van der Waals surface area contributed by atoms with Gasteiger partial charge in [0.15, 0.2) is 0 Å². The summed E-state index contributed by atoms with van der Waals surface area (Å²) < 4.78 is 0. The number of hydrogen-bond donors (Lipinski definition) is 3. The molecule has 1 atom stereocenters. The van der Waals surface area contributed by atoms with Gasteiger partial charge in [0, 0.05) is 50.0 Å². The van der Waals surface area contributed by atoms with Crippen LogP contribution in [0.4, 0.5) is 5.82 Å². The molecule has 1 saturated carbocycles. The van der Waals surface area contributed by atoms with Gasteiger partial charge in [-0.3, -0.25) is 4.79 Å². The smallest absolute Gasteiger partial charge is 0.251 e. The van der Waals surface area contributed by atoms with Gasteiger partial charge in [-0.1, -0.05) is 0 Å². The summed E-state index contributed by atoms with van der Waals surface area (Å²) in [6.07, 6.45) is 7.24. The van der Waals surface area contributed by atoms with Gasteiger partial charge < -0.3 is 20.6 Å². The Morgan fingerprint density at radius 2 is 2.16 bits per heavy atom. The van der Waals surface area contributed by atoms with Gasteiger partial charge in [-0.15, -0.1) is 0 Å². The second-order valence-electron chi connectivity index (χ2n) is 7.83. The van der Waals surface area contributed by atoms with Crippen molar-refractivity contribution in [1.29, 1.82) is 0 Å². The second-order valence-corrected chi connectivity index (χ2v) is 7.83. The fraction of sp³-hybridized carbons (Fsp3) is 0.684. The Morgan fingerprint density at radius 1 is 1.36 bits per heavy atom. The molecule has 1 spiro atoms. The van der Waals surface area contributed by atoms with Crippen molar-refractivity contribution in [2.24, 2.45) is 11.3 Å². The highest BCUT2D eigenvalue weighted by molar-refractivity contribution is 5.95. The number of carbonyl (C=O) groups is 1. The lowest BCUT2D eigenvalue weighted by atomic mass is 9.65. The van der Waals surface area contributed by atoms with Crippen LogP contribution in [0.5, 0.6) is 0 Å². The Bertz CT molecular complexity index is 624. The molecule has 136 valence electrons. The third kappa shape index (κ3) is 3.51. The Balaban J connectivity index is 1.42. The fourth-order valence-electron chi connectivity index (χ4n) is 4.36. The van der Waals surface area contributed by atoms with Crippen molar-refractivity contribution in [3.05, 3.63) is 23.9 Å². The summed E-state index contributed by atoms with van der Waals surface area (Å²) in [5, 5.41) is 16.2. The summed E-state index contributed by atoms with van der Waals surface area (Å²) >= 11 is 0. The number of aromatic nitrogens is 1. The summed E-state index contributed by atoms with van der Waals surface area (Å²) in [5.74, 6) is 1.26. The van der Waals surface area contributed by atoms with Crippen molar-refractivity contribution in [3.8, 4) is 0 Å². The molecule has 0 unspecified atom stereocenters. The highest BCUT2D eigenvalue weighted by atomic mass is 16.3. The minimum Gasteiger partial charge on any atom is -0.396 e. The summed E-state index contributed by atoms with van der Waals surface area (Å²) in [5.41, 5.74) is 0.963. The molecular formula is C19H28N4O2. The molecule has 0 aromatic carbocycles. The number of pyridine rings is 1. The van der Waals surface area contributed by atoms with Gasteiger partial charge in [-0.2, -0.15) is 0 Å². The van der Waals surface area contributed by atoms with Crippen LogP contribution in [0.3, 0.4) is 0 Å². The molecule has 1 amide bonds. The number of aliphatic hydroxyl groups is 1. The molecule has 2 aliphatic heterocycles. The number of hydrogen-bond acceptors (Lipinski definition) is 5. The molecule has 1 aromatic rings. The molecule has 6 nitrogen and oxygen atoms in total. The van der Waals surface area contributed by atoms with Crippen LogP contribution in [0.15, 0.2) is 18.3 Å². The van der Waals surface area contributed by atoms with Gasteiger partial charge in [0.05, 0.1) is 0 Å². The summed E-state index contributed by atoms with van der Waals surface area (Å²) in [6.45, 7) is 4.12. The lowest BCUT2D eigenvalue weighted by molar-refractivity contribution is 0.0326. The fourth-order valence-corrected chi connectivity index (χ4v) is 4.36. The van der Waals surface area contributed by atoms with E-state index in [2.05, 4.69) is 20.5 Å². The molecule has 3 N–H and O–H groups in total. The minimum absolute atomic E-state index is 0.0123. The van der Waals surface area contributed by atoms with E-state index >= 15 is 0 Å². The maximum atomic E-state index is 12.3. The number of nitrogens with zero attached hydrogens (tertiary/aromatic N) is 2. The predicted molar refractivity (Wildman–Crippen MR) is 96.7 cm³/mol. The van der Waals surface area contributed by atoms with Crippen molar-refractivity contribution in [1.82, 2.24) is 15.6 Å². The van der Waals surface area contributed by atoms with Crippen molar-refractivity contribution < 1.29 is 9.90 Å². The zero-order valence-electron chi connectivity index (χ0n) is 14.7. The van der Waals surface area contributed by atoms with E-state index in [1.54, 1.807) is 12.3 Å². The highest BCUT2D eigenvalue weighted by Gasteiger charge is 2.42. The van der Waals surface area contributed by atoms with Crippen LogP contribution in [-0.2, 0) is 0 Å². The third-order valence-corrected chi connectivity index (χ3v) is 6.28. The number of anilines is 1. The first-order valence-electron chi connectivity index (χ1n) is 9.54. The lowest BCUT2D eigenvalue weighted by Crippen LogP contribution is -2.52. The molecule has 6 heteroatoms. The molecule has 0 bridgehead atoms. The molecule has 3 heterocycles. The first kappa shape index (κ1) is 16.8.